The quantitative estimate of drug-likeness (QED) is 0.359. The number of aromatic amines is 1. The Hall–Kier alpha value is -3.39. The van der Waals surface area contributed by atoms with Crippen LogP contribution in [0.2, 0.25) is 0 Å². The third-order valence-corrected chi connectivity index (χ3v) is 5.37. The zero-order chi connectivity index (χ0) is 20.1. The molecule has 2 N–H and O–H groups in total. The van der Waals surface area contributed by atoms with Gasteiger partial charge in [-0.3, -0.25) is 9.89 Å². The van der Waals surface area contributed by atoms with E-state index in [0.717, 1.165) is 44.4 Å². The van der Waals surface area contributed by atoms with E-state index in [1.165, 1.54) is 6.33 Å². The van der Waals surface area contributed by atoms with Crippen molar-refractivity contribution in [2.45, 2.75) is 17.2 Å². The van der Waals surface area contributed by atoms with Crippen molar-refractivity contribution < 1.29 is 9.53 Å². The fourth-order valence-electron chi connectivity index (χ4n) is 2.92. The number of methoxy groups -OCH3 is 1. The summed E-state index contributed by atoms with van der Waals surface area (Å²) < 4.78 is 5.21. The van der Waals surface area contributed by atoms with Crippen LogP contribution in [0.4, 0.5) is 5.69 Å². The van der Waals surface area contributed by atoms with E-state index in [4.69, 9.17) is 4.74 Å². The van der Waals surface area contributed by atoms with Crippen molar-refractivity contribution in [1.29, 1.82) is 0 Å². The molecule has 2 aromatic heterocycles. The topological polar surface area (TPSA) is 92.8 Å². The van der Waals surface area contributed by atoms with Gasteiger partial charge in [-0.2, -0.15) is 5.10 Å². The number of carbonyl (C=O) groups excluding carboxylic acids is 1. The van der Waals surface area contributed by atoms with Gasteiger partial charge < -0.3 is 10.1 Å². The van der Waals surface area contributed by atoms with Crippen LogP contribution < -0.4 is 10.1 Å². The molecule has 0 radical (unpaired) electrons. The smallest absolute Gasteiger partial charge is 0.228 e. The second-order valence-electron chi connectivity index (χ2n) is 6.38. The summed E-state index contributed by atoms with van der Waals surface area (Å²) in [6, 6.07) is 15.3. The van der Waals surface area contributed by atoms with Crippen LogP contribution in [0.5, 0.6) is 5.75 Å². The molecule has 4 aromatic rings. The predicted molar refractivity (Wildman–Crippen MR) is 113 cm³/mol. The summed E-state index contributed by atoms with van der Waals surface area (Å²) >= 11 is 1.60. The number of ether oxygens (including phenoxy) is 1. The molecular formula is C21H19N5O2S. The molecule has 7 nitrogen and oxygen atoms in total. The molecule has 0 saturated carbocycles. The van der Waals surface area contributed by atoms with Crippen LogP contribution in [0.1, 0.15) is 11.1 Å². The van der Waals surface area contributed by atoms with Gasteiger partial charge in [0.15, 0.2) is 5.65 Å². The molecule has 1 amide bonds. The zero-order valence-corrected chi connectivity index (χ0v) is 16.6. The van der Waals surface area contributed by atoms with Crippen LogP contribution in [-0.2, 0) is 17.0 Å². The highest BCUT2D eigenvalue weighted by atomic mass is 32.2. The largest absolute Gasteiger partial charge is 0.497 e. The summed E-state index contributed by atoms with van der Waals surface area (Å²) in [7, 11) is 1.61. The Kier molecular flexibility index (Phi) is 5.71. The van der Waals surface area contributed by atoms with Crippen molar-refractivity contribution in [2.24, 2.45) is 0 Å². The second kappa shape index (κ2) is 8.74. The maximum atomic E-state index is 12.4. The first kappa shape index (κ1) is 18.9. The number of amides is 1. The Morgan fingerprint density at radius 1 is 1.14 bits per heavy atom. The summed E-state index contributed by atoms with van der Waals surface area (Å²) in [5.41, 5.74) is 3.49. The number of aromatic nitrogens is 4. The van der Waals surface area contributed by atoms with Gasteiger partial charge in [-0.1, -0.05) is 24.3 Å². The fraction of sp³-hybridized carbons (Fsp3) is 0.143. The number of rotatable bonds is 7. The van der Waals surface area contributed by atoms with Crippen molar-refractivity contribution in [3.05, 3.63) is 72.2 Å². The maximum absolute atomic E-state index is 12.4. The Balaban J connectivity index is 1.39. The third kappa shape index (κ3) is 4.72. The molecule has 0 aliphatic carbocycles. The first-order valence-corrected chi connectivity index (χ1v) is 9.98. The van der Waals surface area contributed by atoms with E-state index in [1.54, 1.807) is 25.1 Å². The van der Waals surface area contributed by atoms with Crippen LogP contribution in [-0.4, -0.2) is 33.2 Å². The number of fused-ring (bicyclic) bond motifs is 1. The molecular weight excluding hydrogens is 386 g/mol. The van der Waals surface area contributed by atoms with Gasteiger partial charge in [-0.15, -0.1) is 11.8 Å². The van der Waals surface area contributed by atoms with Gasteiger partial charge in [0.2, 0.25) is 5.91 Å². The van der Waals surface area contributed by atoms with Crippen molar-refractivity contribution >= 4 is 34.4 Å². The molecule has 8 heteroatoms. The van der Waals surface area contributed by atoms with E-state index < -0.39 is 0 Å². The number of nitrogens with one attached hydrogen (secondary N) is 2. The lowest BCUT2D eigenvalue weighted by Gasteiger charge is -2.08. The Morgan fingerprint density at radius 2 is 2.00 bits per heavy atom. The van der Waals surface area contributed by atoms with Crippen LogP contribution in [0.25, 0.3) is 11.0 Å². The first-order chi connectivity index (χ1) is 14.2. The average molecular weight is 405 g/mol. The molecule has 0 aliphatic rings. The van der Waals surface area contributed by atoms with E-state index in [1.807, 2.05) is 48.5 Å². The van der Waals surface area contributed by atoms with E-state index in [-0.39, 0.29) is 12.3 Å². The zero-order valence-electron chi connectivity index (χ0n) is 15.8. The summed E-state index contributed by atoms with van der Waals surface area (Å²) in [5, 5.41) is 11.6. The van der Waals surface area contributed by atoms with Crippen molar-refractivity contribution in [3.8, 4) is 5.75 Å². The molecule has 0 atom stereocenters. The van der Waals surface area contributed by atoms with Crippen LogP contribution >= 0.6 is 11.8 Å². The van der Waals surface area contributed by atoms with Gasteiger partial charge in [0, 0.05) is 11.4 Å². The highest BCUT2D eigenvalue weighted by Gasteiger charge is 2.08. The van der Waals surface area contributed by atoms with Crippen molar-refractivity contribution in [3.63, 3.8) is 0 Å². The van der Waals surface area contributed by atoms with E-state index in [9.17, 15) is 4.79 Å². The number of anilines is 1. The van der Waals surface area contributed by atoms with Crippen LogP contribution in [0, 0.1) is 0 Å². The van der Waals surface area contributed by atoms with Gasteiger partial charge in [0.25, 0.3) is 0 Å². The number of hydrogen-bond donors (Lipinski definition) is 2. The molecule has 29 heavy (non-hydrogen) atoms. The molecule has 0 aliphatic heterocycles. The number of benzene rings is 2. The van der Waals surface area contributed by atoms with Gasteiger partial charge >= 0.3 is 0 Å². The second-order valence-corrected chi connectivity index (χ2v) is 7.34. The lowest BCUT2D eigenvalue weighted by atomic mass is 10.1. The summed E-state index contributed by atoms with van der Waals surface area (Å²) in [6.45, 7) is 0. The fourth-order valence-corrected chi connectivity index (χ4v) is 3.83. The highest BCUT2D eigenvalue weighted by Crippen LogP contribution is 2.27. The Morgan fingerprint density at radius 3 is 2.90 bits per heavy atom. The Bertz CT molecular complexity index is 1140. The van der Waals surface area contributed by atoms with Gasteiger partial charge in [0.1, 0.15) is 17.1 Å². The van der Waals surface area contributed by atoms with E-state index >= 15 is 0 Å². The van der Waals surface area contributed by atoms with Gasteiger partial charge in [0.05, 0.1) is 25.1 Å². The van der Waals surface area contributed by atoms with Crippen LogP contribution in [0.3, 0.4) is 0 Å². The SMILES string of the molecule is COc1cccc(CC(=O)Nc2cccc(CSc3ncnc4[nH]ncc34)c2)c1. The molecule has 0 bridgehead atoms. The molecule has 0 unspecified atom stereocenters. The number of carbonyl (C=O) groups is 1. The summed E-state index contributed by atoms with van der Waals surface area (Å²) in [5.74, 6) is 1.39. The minimum atomic E-state index is -0.0704. The molecule has 2 aromatic carbocycles. The molecule has 0 fully saturated rings. The lowest BCUT2D eigenvalue weighted by Crippen LogP contribution is -2.14. The third-order valence-electron chi connectivity index (χ3n) is 4.30. The number of thioether (sulfide) groups is 1. The molecule has 0 spiro atoms. The number of hydrogen-bond acceptors (Lipinski definition) is 6. The van der Waals surface area contributed by atoms with Gasteiger partial charge in [-0.25, -0.2) is 9.97 Å². The normalized spacial score (nSPS) is 10.8. The Labute approximate surface area is 171 Å². The maximum Gasteiger partial charge on any atom is 0.228 e. The van der Waals surface area contributed by atoms with Crippen LogP contribution in [0.15, 0.2) is 66.1 Å². The summed E-state index contributed by atoms with van der Waals surface area (Å²) in [4.78, 5) is 20.9. The lowest BCUT2D eigenvalue weighted by molar-refractivity contribution is -0.115. The molecule has 146 valence electrons. The molecule has 2 heterocycles. The van der Waals surface area contributed by atoms with Crippen molar-refractivity contribution in [1.82, 2.24) is 20.2 Å². The molecule has 4 rings (SSSR count). The van der Waals surface area contributed by atoms with E-state index in [0.29, 0.717) is 0 Å². The van der Waals surface area contributed by atoms with Gasteiger partial charge in [-0.05, 0) is 35.4 Å². The molecule has 0 saturated heterocycles. The minimum Gasteiger partial charge on any atom is -0.497 e. The number of H-pyrrole nitrogens is 1. The minimum absolute atomic E-state index is 0.0704. The first-order valence-electron chi connectivity index (χ1n) is 9.00. The number of nitrogens with zero attached hydrogens (tertiary/aromatic N) is 3. The predicted octanol–water partition coefficient (Wildman–Crippen LogP) is 3.84. The average Bonchev–Trinajstić information content (AvgIpc) is 3.22. The monoisotopic (exact) mass is 405 g/mol. The summed E-state index contributed by atoms with van der Waals surface area (Å²) in [6.07, 6.45) is 3.54. The standard InChI is InChI=1S/C21H19N5O2S/c1-28-17-7-3-4-14(9-17)10-19(27)25-16-6-2-5-15(8-16)12-29-21-18-11-24-26-20(18)22-13-23-21/h2-9,11,13H,10,12H2,1H3,(H,25,27)(H,22,23,24,26). The van der Waals surface area contributed by atoms with Crippen molar-refractivity contribution in [2.75, 3.05) is 12.4 Å². The van der Waals surface area contributed by atoms with E-state index in [2.05, 4.69) is 25.5 Å². The highest BCUT2D eigenvalue weighted by molar-refractivity contribution is 7.98.